The summed E-state index contributed by atoms with van der Waals surface area (Å²) in [5.41, 5.74) is 3.72. The monoisotopic (exact) mass is 273 g/mol. The zero-order chi connectivity index (χ0) is 14.2. The molecule has 5 nitrogen and oxygen atoms in total. The maximum absolute atomic E-state index is 12.1. The number of rotatable bonds is 3. The van der Waals surface area contributed by atoms with Gasteiger partial charge in [0.1, 0.15) is 18.1 Å². The van der Waals surface area contributed by atoms with Gasteiger partial charge in [0, 0.05) is 13.6 Å². The van der Waals surface area contributed by atoms with Crippen LogP contribution in [0.1, 0.15) is 6.92 Å². The van der Waals surface area contributed by atoms with Gasteiger partial charge in [-0.1, -0.05) is 18.2 Å². The number of likely N-dealkylation sites (N-methyl/N-ethyl adjacent to an activating group) is 1. The molecule has 20 heavy (non-hydrogen) atoms. The van der Waals surface area contributed by atoms with Crippen molar-refractivity contribution >= 4 is 5.91 Å². The molecule has 2 aliphatic heterocycles. The largest absolute Gasteiger partial charge is 0.491 e. The molecule has 5 heteroatoms. The molecule has 1 aromatic rings. The second-order valence-corrected chi connectivity index (χ2v) is 5.54. The molecule has 1 unspecified atom stereocenters. The van der Waals surface area contributed by atoms with Crippen molar-refractivity contribution < 1.29 is 9.53 Å². The summed E-state index contributed by atoms with van der Waals surface area (Å²) in [6, 6.07) is 9.70. The number of ether oxygens (including phenoxy) is 1. The van der Waals surface area contributed by atoms with Gasteiger partial charge in [0.2, 0.25) is 0 Å². The van der Waals surface area contributed by atoms with Crippen molar-refractivity contribution in [1.29, 1.82) is 0 Å². The minimum atomic E-state index is -0.355. The summed E-state index contributed by atoms with van der Waals surface area (Å²) in [6.45, 7) is 4.05. The predicted octanol–water partition coefficient (Wildman–Crippen LogP) is 1.00. The Bertz CT molecular complexity index is 543. The molecule has 3 rings (SSSR count). The van der Waals surface area contributed by atoms with Crippen LogP contribution in [0.5, 0.6) is 5.75 Å². The summed E-state index contributed by atoms with van der Waals surface area (Å²) in [6.07, 6.45) is 1.97. The van der Waals surface area contributed by atoms with Crippen molar-refractivity contribution in [3.05, 3.63) is 42.1 Å². The molecular weight excluding hydrogens is 254 g/mol. The molecule has 1 saturated heterocycles. The number of hydrogen-bond donors (Lipinski definition) is 1. The van der Waals surface area contributed by atoms with Crippen LogP contribution < -0.4 is 10.2 Å². The van der Waals surface area contributed by atoms with E-state index in [1.165, 1.54) is 0 Å². The molecule has 0 aliphatic carbocycles. The highest BCUT2D eigenvalue weighted by Crippen LogP contribution is 2.25. The second kappa shape index (κ2) is 4.83. The van der Waals surface area contributed by atoms with Gasteiger partial charge >= 0.3 is 0 Å². The maximum atomic E-state index is 12.1. The lowest BCUT2D eigenvalue weighted by molar-refractivity contribution is -0.130. The average molecular weight is 273 g/mol. The Balaban J connectivity index is 1.71. The van der Waals surface area contributed by atoms with E-state index in [0.717, 1.165) is 24.5 Å². The average Bonchev–Trinajstić information content (AvgIpc) is 2.80. The highest BCUT2D eigenvalue weighted by atomic mass is 16.5. The molecule has 2 aliphatic rings. The summed E-state index contributed by atoms with van der Waals surface area (Å²) >= 11 is 0. The Morgan fingerprint density at radius 1 is 1.30 bits per heavy atom. The van der Waals surface area contributed by atoms with Crippen molar-refractivity contribution in [2.24, 2.45) is 0 Å². The molecule has 1 aromatic carbocycles. The van der Waals surface area contributed by atoms with Crippen LogP contribution in [0.3, 0.4) is 0 Å². The molecule has 1 N–H and O–H groups in total. The number of amides is 1. The Morgan fingerprint density at radius 2 is 2.05 bits per heavy atom. The third-order valence-electron chi connectivity index (χ3n) is 3.64. The summed E-state index contributed by atoms with van der Waals surface area (Å²) in [4.78, 5) is 13.8. The molecule has 1 fully saturated rings. The number of hydrazine groups is 1. The first-order chi connectivity index (χ1) is 9.57. The first-order valence-corrected chi connectivity index (χ1v) is 6.79. The number of carbonyl (C=O) groups excluding carboxylic acids is 1. The van der Waals surface area contributed by atoms with E-state index >= 15 is 0 Å². The smallest absolute Gasteiger partial charge is 0.271 e. The van der Waals surface area contributed by atoms with Crippen LogP contribution in [0.15, 0.2) is 42.1 Å². The van der Waals surface area contributed by atoms with E-state index in [2.05, 4.69) is 5.43 Å². The van der Waals surface area contributed by atoms with Crippen LogP contribution in [0.25, 0.3) is 0 Å². The standard InChI is InChI=1S/C15H19N3O2/c1-15(11-20-12-6-4-3-5-7-12)10-13-14(19)17(2)8-9-18(13)16-15/h3-7,10,16H,8-9,11H2,1-2H3. The van der Waals surface area contributed by atoms with Crippen LogP contribution >= 0.6 is 0 Å². The van der Waals surface area contributed by atoms with E-state index in [4.69, 9.17) is 4.74 Å². The Kier molecular flexibility index (Phi) is 3.14. The highest BCUT2D eigenvalue weighted by Gasteiger charge is 2.39. The molecule has 0 aromatic heterocycles. The molecule has 0 radical (unpaired) electrons. The molecule has 2 heterocycles. The number of piperazine rings is 1. The zero-order valence-corrected chi connectivity index (χ0v) is 11.8. The second-order valence-electron chi connectivity index (χ2n) is 5.54. The van der Waals surface area contributed by atoms with Crippen molar-refractivity contribution in [3.8, 4) is 5.75 Å². The summed E-state index contributed by atoms with van der Waals surface area (Å²) < 4.78 is 5.80. The van der Waals surface area contributed by atoms with E-state index in [0.29, 0.717) is 6.61 Å². The van der Waals surface area contributed by atoms with Crippen LogP contribution in [-0.4, -0.2) is 48.1 Å². The van der Waals surface area contributed by atoms with Crippen molar-refractivity contribution in [2.45, 2.75) is 12.5 Å². The van der Waals surface area contributed by atoms with Gasteiger partial charge in [0.25, 0.3) is 5.91 Å². The Morgan fingerprint density at radius 3 is 2.80 bits per heavy atom. The van der Waals surface area contributed by atoms with Crippen molar-refractivity contribution in [2.75, 3.05) is 26.7 Å². The van der Waals surface area contributed by atoms with Gasteiger partial charge in [-0.3, -0.25) is 4.79 Å². The molecular formula is C15H19N3O2. The van der Waals surface area contributed by atoms with Crippen molar-refractivity contribution in [3.63, 3.8) is 0 Å². The van der Waals surface area contributed by atoms with Gasteiger partial charge in [-0.15, -0.1) is 0 Å². The first-order valence-electron chi connectivity index (χ1n) is 6.79. The van der Waals surface area contributed by atoms with E-state index in [-0.39, 0.29) is 11.4 Å². The topological polar surface area (TPSA) is 44.8 Å². The van der Waals surface area contributed by atoms with Gasteiger partial charge < -0.3 is 14.6 Å². The minimum absolute atomic E-state index is 0.0622. The maximum Gasteiger partial charge on any atom is 0.271 e. The normalized spacial score (nSPS) is 25.5. The number of nitrogens with one attached hydrogen (secondary N) is 1. The van der Waals surface area contributed by atoms with Crippen LogP contribution in [-0.2, 0) is 4.79 Å². The SMILES string of the molecule is CN1CCN2NC(C)(COc3ccccc3)C=C2C1=O. The van der Waals surface area contributed by atoms with E-state index < -0.39 is 0 Å². The van der Waals surface area contributed by atoms with E-state index in [9.17, 15) is 4.79 Å². The molecule has 1 amide bonds. The number of benzene rings is 1. The molecule has 0 saturated carbocycles. The number of carbonyl (C=O) groups is 1. The fourth-order valence-electron chi connectivity index (χ4n) is 2.51. The van der Waals surface area contributed by atoms with Crippen molar-refractivity contribution in [1.82, 2.24) is 15.3 Å². The molecule has 106 valence electrons. The van der Waals surface area contributed by atoms with Gasteiger partial charge in [-0.25, -0.2) is 5.43 Å². The quantitative estimate of drug-likeness (QED) is 0.892. The fourth-order valence-corrected chi connectivity index (χ4v) is 2.51. The molecule has 0 spiro atoms. The van der Waals surface area contributed by atoms with Crippen LogP contribution in [0.4, 0.5) is 0 Å². The minimum Gasteiger partial charge on any atom is -0.491 e. The number of fused-ring (bicyclic) bond motifs is 1. The van der Waals surface area contributed by atoms with Crippen LogP contribution in [0, 0.1) is 0 Å². The number of nitrogens with zero attached hydrogens (tertiary/aromatic N) is 2. The van der Waals surface area contributed by atoms with E-state index in [1.807, 2.05) is 55.4 Å². The third-order valence-corrected chi connectivity index (χ3v) is 3.64. The fraction of sp³-hybridized carbons (Fsp3) is 0.400. The molecule has 0 bridgehead atoms. The van der Waals surface area contributed by atoms with E-state index in [1.54, 1.807) is 4.90 Å². The van der Waals surface area contributed by atoms with Gasteiger partial charge in [-0.05, 0) is 25.1 Å². The Hall–Kier alpha value is -2.01. The predicted molar refractivity (Wildman–Crippen MR) is 75.9 cm³/mol. The Labute approximate surface area is 118 Å². The number of para-hydroxylation sites is 1. The highest BCUT2D eigenvalue weighted by molar-refractivity contribution is 5.94. The first kappa shape index (κ1) is 13.0. The lowest BCUT2D eigenvalue weighted by Crippen LogP contribution is -2.54. The van der Waals surface area contributed by atoms with Gasteiger partial charge in [-0.2, -0.15) is 0 Å². The summed E-state index contributed by atoms with van der Waals surface area (Å²) in [5, 5.41) is 1.93. The number of hydrogen-bond acceptors (Lipinski definition) is 4. The zero-order valence-electron chi connectivity index (χ0n) is 11.8. The molecule has 1 atom stereocenters. The van der Waals surface area contributed by atoms with Gasteiger partial charge in [0.15, 0.2) is 0 Å². The van der Waals surface area contributed by atoms with Gasteiger partial charge in [0.05, 0.1) is 12.1 Å². The lowest BCUT2D eigenvalue weighted by atomic mass is 10.0. The summed E-state index contributed by atoms with van der Waals surface area (Å²) in [7, 11) is 1.83. The van der Waals surface area contributed by atoms with Crippen LogP contribution in [0.2, 0.25) is 0 Å². The lowest BCUT2D eigenvalue weighted by Gasteiger charge is -2.34. The summed E-state index contributed by atoms with van der Waals surface area (Å²) in [5.74, 6) is 0.898. The third kappa shape index (κ3) is 2.36.